The van der Waals surface area contributed by atoms with Gasteiger partial charge in [-0.25, -0.2) is 0 Å². The first-order valence-corrected chi connectivity index (χ1v) is 4.89. The lowest BCUT2D eigenvalue weighted by molar-refractivity contribution is 0.288. The third-order valence-electron chi connectivity index (χ3n) is 1.91. The van der Waals surface area contributed by atoms with E-state index in [1.165, 1.54) is 5.56 Å². The minimum Gasteiger partial charge on any atom is -0.492 e. The Kier molecular flexibility index (Phi) is 5.04. The fourth-order valence-electron chi connectivity index (χ4n) is 1.25. The van der Waals surface area contributed by atoms with Gasteiger partial charge in [0.25, 0.3) is 0 Å². The second kappa shape index (κ2) is 6.40. The van der Waals surface area contributed by atoms with Crippen LogP contribution in [0.3, 0.4) is 0 Å². The molecule has 3 nitrogen and oxygen atoms in total. The Balaban J connectivity index is 2.50. The van der Waals surface area contributed by atoms with E-state index in [9.17, 15) is 0 Å². The van der Waals surface area contributed by atoms with Gasteiger partial charge in [-0.2, -0.15) is 0 Å². The molecule has 0 amide bonds. The lowest BCUT2D eigenvalue weighted by atomic mass is 10.1. The minimum absolute atomic E-state index is 0.230. The summed E-state index contributed by atoms with van der Waals surface area (Å²) in [6.45, 7) is 1.30. The summed E-state index contributed by atoms with van der Waals surface area (Å²) in [6.07, 6.45) is 1.68. The van der Waals surface area contributed by atoms with E-state index in [0.29, 0.717) is 13.2 Å². The van der Waals surface area contributed by atoms with Crippen molar-refractivity contribution in [3.63, 3.8) is 0 Å². The van der Waals surface area contributed by atoms with Gasteiger partial charge in [0.15, 0.2) is 0 Å². The molecule has 0 aliphatic carbocycles. The van der Waals surface area contributed by atoms with E-state index in [1.807, 2.05) is 24.3 Å². The molecule has 0 radical (unpaired) electrons. The number of benzene rings is 1. The summed E-state index contributed by atoms with van der Waals surface area (Å²) < 4.78 is 5.39. The lowest BCUT2D eigenvalue weighted by Gasteiger charge is -2.06. The molecule has 78 valence electrons. The molecular weight excluding hydrogens is 178 g/mol. The SMILES string of the molecule is NCCOc1cccc(CCCO)c1. The molecule has 14 heavy (non-hydrogen) atoms. The van der Waals surface area contributed by atoms with Crippen molar-refractivity contribution in [1.82, 2.24) is 0 Å². The van der Waals surface area contributed by atoms with Crippen LogP contribution in [-0.4, -0.2) is 24.9 Å². The van der Waals surface area contributed by atoms with Crippen LogP contribution in [-0.2, 0) is 6.42 Å². The molecule has 0 aliphatic rings. The molecule has 0 bridgehead atoms. The number of ether oxygens (including phenoxy) is 1. The number of hydrogen-bond acceptors (Lipinski definition) is 3. The summed E-state index contributed by atoms with van der Waals surface area (Å²) in [7, 11) is 0. The Labute approximate surface area is 84.5 Å². The minimum atomic E-state index is 0.230. The summed E-state index contributed by atoms with van der Waals surface area (Å²) in [6, 6.07) is 7.90. The molecule has 0 spiro atoms. The van der Waals surface area contributed by atoms with Crippen LogP contribution in [0.1, 0.15) is 12.0 Å². The van der Waals surface area contributed by atoms with Crippen molar-refractivity contribution in [2.75, 3.05) is 19.8 Å². The van der Waals surface area contributed by atoms with Crippen molar-refractivity contribution in [2.45, 2.75) is 12.8 Å². The molecule has 0 heterocycles. The molecule has 0 aliphatic heterocycles. The highest BCUT2D eigenvalue weighted by molar-refractivity contribution is 5.28. The molecule has 3 heteroatoms. The number of rotatable bonds is 6. The van der Waals surface area contributed by atoms with Crippen molar-refractivity contribution in [1.29, 1.82) is 0 Å². The van der Waals surface area contributed by atoms with Crippen LogP contribution >= 0.6 is 0 Å². The lowest BCUT2D eigenvalue weighted by Crippen LogP contribution is -2.10. The molecule has 0 fully saturated rings. The molecule has 3 N–H and O–H groups in total. The van der Waals surface area contributed by atoms with Gasteiger partial charge >= 0.3 is 0 Å². The van der Waals surface area contributed by atoms with Crippen LogP contribution in [0, 0.1) is 0 Å². The summed E-state index contributed by atoms with van der Waals surface area (Å²) in [5, 5.41) is 8.69. The van der Waals surface area contributed by atoms with Gasteiger partial charge in [-0.05, 0) is 30.5 Å². The Morgan fingerprint density at radius 3 is 2.93 bits per heavy atom. The normalized spacial score (nSPS) is 10.1. The molecule has 1 rings (SSSR count). The molecule has 0 unspecified atom stereocenters. The molecule has 0 atom stereocenters. The van der Waals surface area contributed by atoms with Crippen LogP contribution in [0.5, 0.6) is 5.75 Å². The van der Waals surface area contributed by atoms with Crippen LogP contribution in [0.25, 0.3) is 0 Å². The van der Waals surface area contributed by atoms with Gasteiger partial charge in [-0.15, -0.1) is 0 Å². The van der Waals surface area contributed by atoms with Gasteiger partial charge in [0.1, 0.15) is 12.4 Å². The van der Waals surface area contributed by atoms with E-state index in [4.69, 9.17) is 15.6 Å². The van der Waals surface area contributed by atoms with Crippen LogP contribution in [0.15, 0.2) is 24.3 Å². The molecule has 0 aromatic heterocycles. The highest BCUT2D eigenvalue weighted by Gasteiger charge is 1.96. The van der Waals surface area contributed by atoms with E-state index in [0.717, 1.165) is 18.6 Å². The zero-order chi connectivity index (χ0) is 10.2. The summed E-state index contributed by atoms with van der Waals surface area (Å²) >= 11 is 0. The average molecular weight is 195 g/mol. The molecular formula is C11H17NO2. The Morgan fingerprint density at radius 2 is 2.21 bits per heavy atom. The largest absolute Gasteiger partial charge is 0.492 e. The first-order valence-electron chi connectivity index (χ1n) is 4.89. The fourth-order valence-corrected chi connectivity index (χ4v) is 1.25. The molecule has 0 saturated carbocycles. The Bertz CT molecular complexity index is 240. The topological polar surface area (TPSA) is 55.5 Å². The second-order valence-corrected chi connectivity index (χ2v) is 3.11. The fraction of sp³-hybridized carbons (Fsp3) is 0.455. The van der Waals surface area contributed by atoms with Crippen LogP contribution in [0.4, 0.5) is 0 Å². The smallest absolute Gasteiger partial charge is 0.119 e. The van der Waals surface area contributed by atoms with Crippen LogP contribution < -0.4 is 10.5 Å². The Hall–Kier alpha value is -1.06. The van der Waals surface area contributed by atoms with Crippen LogP contribution in [0.2, 0.25) is 0 Å². The number of hydrogen-bond donors (Lipinski definition) is 2. The predicted molar refractivity (Wildman–Crippen MR) is 56.4 cm³/mol. The number of aryl methyl sites for hydroxylation is 1. The summed E-state index contributed by atoms with van der Waals surface area (Å²) in [4.78, 5) is 0. The zero-order valence-electron chi connectivity index (χ0n) is 8.28. The third kappa shape index (κ3) is 3.77. The van der Waals surface area contributed by atoms with E-state index in [1.54, 1.807) is 0 Å². The number of aliphatic hydroxyl groups is 1. The first-order chi connectivity index (χ1) is 6.86. The maximum absolute atomic E-state index is 8.69. The quantitative estimate of drug-likeness (QED) is 0.710. The monoisotopic (exact) mass is 195 g/mol. The highest BCUT2D eigenvalue weighted by Crippen LogP contribution is 2.14. The summed E-state index contributed by atoms with van der Waals surface area (Å²) in [5.74, 6) is 0.853. The van der Waals surface area contributed by atoms with Gasteiger partial charge in [-0.3, -0.25) is 0 Å². The summed E-state index contributed by atoms with van der Waals surface area (Å²) in [5.41, 5.74) is 6.53. The van der Waals surface area contributed by atoms with E-state index in [-0.39, 0.29) is 6.61 Å². The van der Waals surface area contributed by atoms with Gasteiger partial charge in [0.2, 0.25) is 0 Å². The number of aliphatic hydroxyl groups excluding tert-OH is 1. The van der Waals surface area contributed by atoms with Crippen molar-refractivity contribution >= 4 is 0 Å². The zero-order valence-corrected chi connectivity index (χ0v) is 8.28. The number of nitrogens with two attached hydrogens (primary N) is 1. The van der Waals surface area contributed by atoms with Gasteiger partial charge in [0, 0.05) is 13.2 Å². The van der Waals surface area contributed by atoms with E-state index in [2.05, 4.69) is 0 Å². The van der Waals surface area contributed by atoms with Gasteiger partial charge < -0.3 is 15.6 Å². The predicted octanol–water partition coefficient (Wildman–Crippen LogP) is 0.949. The van der Waals surface area contributed by atoms with Crippen molar-refractivity contribution in [3.8, 4) is 5.75 Å². The van der Waals surface area contributed by atoms with Crippen molar-refractivity contribution < 1.29 is 9.84 Å². The van der Waals surface area contributed by atoms with Crippen molar-refractivity contribution in [2.24, 2.45) is 5.73 Å². The maximum atomic E-state index is 8.69. The maximum Gasteiger partial charge on any atom is 0.119 e. The second-order valence-electron chi connectivity index (χ2n) is 3.11. The molecule has 1 aromatic rings. The molecule has 0 saturated heterocycles. The van der Waals surface area contributed by atoms with E-state index >= 15 is 0 Å². The Morgan fingerprint density at radius 1 is 1.36 bits per heavy atom. The first kappa shape index (κ1) is 11.0. The highest BCUT2D eigenvalue weighted by atomic mass is 16.5. The van der Waals surface area contributed by atoms with Crippen molar-refractivity contribution in [3.05, 3.63) is 29.8 Å². The van der Waals surface area contributed by atoms with Gasteiger partial charge in [-0.1, -0.05) is 12.1 Å². The van der Waals surface area contributed by atoms with E-state index < -0.39 is 0 Å². The standard InChI is InChI=1S/C11H17NO2/c12-6-8-14-11-5-1-3-10(9-11)4-2-7-13/h1,3,5,9,13H,2,4,6-8,12H2. The third-order valence-corrected chi connectivity index (χ3v) is 1.91. The average Bonchev–Trinajstić information content (AvgIpc) is 2.24. The molecule has 1 aromatic carbocycles. The van der Waals surface area contributed by atoms with Gasteiger partial charge in [0.05, 0.1) is 0 Å².